The molecule has 7 nitrogen and oxygen atoms in total. The molecule has 3 aromatic heterocycles. The number of anilines is 3. The van der Waals surface area contributed by atoms with Crippen LogP contribution < -0.4 is 10.6 Å². The Kier molecular flexibility index (Phi) is 3.11. The highest BCUT2D eigenvalue weighted by Crippen LogP contribution is 2.43. The van der Waals surface area contributed by atoms with Crippen LogP contribution >= 0.6 is 0 Å². The predicted octanol–water partition coefficient (Wildman–Crippen LogP) is 4.10. The topological polar surface area (TPSA) is 91.4 Å². The molecule has 0 bridgehead atoms. The van der Waals surface area contributed by atoms with Gasteiger partial charge in [-0.05, 0) is 61.4 Å². The van der Waals surface area contributed by atoms with Crippen LogP contribution in [0.1, 0.15) is 37.2 Å². The van der Waals surface area contributed by atoms with Crippen molar-refractivity contribution in [2.45, 2.75) is 37.6 Å². The van der Waals surface area contributed by atoms with Crippen molar-refractivity contribution in [1.29, 1.82) is 0 Å². The Labute approximate surface area is 155 Å². The van der Waals surface area contributed by atoms with E-state index in [2.05, 4.69) is 53.8 Å². The van der Waals surface area contributed by atoms with Crippen molar-refractivity contribution in [2.24, 2.45) is 0 Å². The van der Waals surface area contributed by atoms with Gasteiger partial charge < -0.3 is 15.6 Å². The minimum Gasteiger partial charge on any atom is -0.365 e. The normalized spacial score (nSPS) is 16.7. The molecule has 0 saturated heterocycles. The van der Waals surface area contributed by atoms with Crippen LogP contribution in [0.2, 0.25) is 0 Å². The molecule has 3 N–H and O–H groups in total. The first kappa shape index (κ1) is 14.9. The molecular weight excluding hydrogens is 338 g/mol. The molecule has 0 unspecified atom stereocenters. The minimum absolute atomic E-state index is 0.500. The van der Waals surface area contributed by atoms with Gasteiger partial charge in [0.1, 0.15) is 5.52 Å². The van der Waals surface area contributed by atoms with Crippen molar-refractivity contribution < 1.29 is 0 Å². The summed E-state index contributed by atoms with van der Waals surface area (Å²) >= 11 is 0. The number of nitrogens with one attached hydrogen (secondary N) is 3. The zero-order valence-corrected chi connectivity index (χ0v) is 14.7. The Hall–Kier alpha value is -3.22. The number of pyridine rings is 1. The number of hydrogen-bond acceptors (Lipinski definition) is 6. The number of H-pyrrole nitrogens is 1. The molecule has 0 atom stereocenters. The molecule has 0 radical (unpaired) electrons. The van der Waals surface area contributed by atoms with Gasteiger partial charge in [0.2, 0.25) is 5.95 Å². The fraction of sp³-hybridized carbons (Fsp3) is 0.300. The molecule has 3 heterocycles. The summed E-state index contributed by atoms with van der Waals surface area (Å²) in [7, 11) is 0. The van der Waals surface area contributed by atoms with Gasteiger partial charge in [0.25, 0.3) is 0 Å². The van der Waals surface area contributed by atoms with Crippen molar-refractivity contribution in [2.75, 3.05) is 10.6 Å². The van der Waals surface area contributed by atoms with Gasteiger partial charge in [0.05, 0.1) is 11.8 Å². The first-order valence-electron chi connectivity index (χ1n) is 9.47. The summed E-state index contributed by atoms with van der Waals surface area (Å²) in [5.41, 5.74) is 4.91. The molecule has 2 aliphatic carbocycles. The van der Waals surface area contributed by atoms with Crippen LogP contribution in [0, 0.1) is 0 Å². The number of benzene rings is 1. The molecule has 2 fully saturated rings. The Morgan fingerprint density at radius 2 is 1.93 bits per heavy atom. The lowest BCUT2D eigenvalue weighted by Gasteiger charge is -2.10. The molecule has 2 saturated carbocycles. The van der Waals surface area contributed by atoms with Crippen LogP contribution in [0.5, 0.6) is 0 Å². The van der Waals surface area contributed by atoms with E-state index in [4.69, 9.17) is 0 Å². The Balaban J connectivity index is 1.39. The van der Waals surface area contributed by atoms with Gasteiger partial charge in [0.15, 0.2) is 11.5 Å². The second-order valence-corrected chi connectivity index (χ2v) is 7.45. The number of aromatic nitrogens is 5. The third-order valence-corrected chi connectivity index (χ3v) is 5.25. The summed E-state index contributed by atoms with van der Waals surface area (Å²) in [6.07, 6.45) is 8.47. The van der Waals surface area contributed by atoms with E-state index in [1.165, 1.54) is 36.6 Å². The maximum atomic E-state index is 4.67. The van der Waals surface area contributed by atoms with Crippen LogP contribution in [0.3, 0.4) is 0 Å². The molecule has 6 rings (SSSR count). The second kappa shape index (κ2) is 5.64. The van der Waals surface area contributed by atoms with Crippen LogP contribution in [-0.4, -0.2) is 31.0 Å². The Morgan fingerprint density at radius 1 is 1.00 bits per heavy atom. The van der Waals surface area contributed by atoms with Crippen LogP contribution in [0.25, 0.3) is 22.1 Å². The fourth-order valence-corrected chi connectivity index (χ4v) is 3.54. The summed E-state index contributed by atoms with van der Waals surface area (Å²) in [4.78, 5) is 21.2. The quantitative estimate of drug-likeness (QED) is 0.498. The first-order valence-corrected chi connectivity index (χ1v) is 9.47. The molecule has 7 heteroatoms. The van der Waals surface area contributed by atoms with Crippen molar-refractivity contribution >= 4 is 39.5 Å². The molecule has 2 aliphatic rings. The van der Waals surface area contributed by atoms with Crippen molar-refractivity contribution in [3.8, 4) is 0 Å². The largest absolute Gasteiger partial charge is 0.365 e. The van der Waals surface area contributed by atoms with Gasteiger partial charge >= 0.3 is 0 Å². The Morgan fingerprint density at radius 3 is 2.78 bits per heavy atom. The van der Waals surface area contributed by atoms with Crippen molar-refractivity contribution in [3.05, 3.63) is 42.4 Å². The van der Waals surface area contributed by atoms with Crippen LogP contribution in [0.15, 0.2) is 36.8 Å². The molecule has 27 heavy (non-hydrogen) atoms. The summed E-state index contributed by atoms with van der Waals surface area (Å²) in [6.45, 7) is 0. The summed E-state index contributed by atoms with van der Waals surface area (Å²) in [5.74, 6) is 2.02. The number of fused-ring (bicyclic) bond motifs is 2. The number of imidazole rings is 1. The fourth-order valence-electron chi connectivity index (χ4n) is 3.54. The monoisotopic (exact) mass is 357 g/mol. The molecule has 134 valence electrons. The zero-order chi connectivity index (χ0) is 17.8. The highest BCUT2D eigenvalue weighted by atomic mass is 15.2. The van der Waals surface area contributed by atoms with Gasteiger partial charge in [-0.1, -0.05) is 0 Å². The average Bonchev–Trinajstić information content (AvgIpc) is 3.61. The van der Waals surface area contributed by atoms with E-state index in [1.807, 2.05) is 12.3 Å². The molecule has 0 aliphatic heterocycles. The molecule has 4 aromatic rings. The van der Waals surface area contributed by atoms with E-state index in [9.17, 15) is 0 Å². The molecule has 0 spiro atoms. The van der Waals surface area contributed by atoms with Gasteiger partial charge in [-0.3, -0.25) is 4.98 Å². The third kappa shape index (κ3) is 2.75. The SMILES string of the molecule is c1cc(C2CC2)c2cc(Nc3nc(NC4CC4)c4nc[nH]c4n3)ccc2n1. The van der Waals surface area contributed by atoms with Gasteiger partial charge in [0, 0.05) is 23.3 Å². The van der Waals surface area contributed by atoms with E-state index in [1.54, 1.807) is 6.33 Å². The summed E-state index contributed by atoms with van der Waals surface area (Å²) in [6, 6.07) is 8.89. The second-order valence-electron chi connectivity index (χ2n) is 7.45. The number of hydrogen-bond donors (Lipinski definition) is 3. The lowest BCUT2D eigenvalue weighted by Crippen LogP contribution is -2.07. The standard InChI is InChI=1S/C20H19N7/c1-2-11(1)14-7-8-21-16-6-5-13(9-15(14)16)25-20-26-18-17(22-10-23-18)19(27-20)24-12-3-4-12/h5-12H,1-4H2,(H3,22,23,24,25,26,27). The van der Waals surface area contributed by atoms with Crippen molar-refractivity contribution in [1.82, 2.24) is 24.9 Å². The molecule has 0 amide bonds. The predicted molar refractivity (Wildman–Crippen MR) is 105 cm³/mol. The smallest absolute Gasteiger partial charge is 0.231 e. The number of aromatic amines is 1. The minimum atomic E-state index is 0.500. The maximum Gasteiger partial charge on any atom is 0.231 e. The molecular formula is C20H19N7. The lowest BCUT2D eigenvalue weighted by atomic mass is 10.0. The summed E-state index contributed by atoms with van der Waals surface area (Å²) < 4.78 is 0. The third-order valence-electron chi connectivity index (χ3n) is 5.25. The van der Waals surface area contributed by atoms with Gasteiger partial charge in [-0.15, -0.1) is 0 Å². The highest BCUT2D eigenvalue weighted by molar-refractivity contribution is 5.88. The van der Waals surface area contributed by atoms with E-state index < -0.39 is 0 Å². The Bertz CT molecular complexity index is 1160. The van der Waals surface area contributed by atoms with E-state index >= 15 is 0 Å². The van der Waals surface area contributed by atoms with Crippen LogP contribution in [-0.2, 0) is 0 Å². The number of rotatable bonds is 5. The lowest BCUT2D eigenvalue weighted by molar-refractivity contribution is 1.10. The van der Waals surface area contributed by atoms with E-state index in [-0.39, 0.29) is 0 Å². The molecule has 1 aromatic carbocycles. The van der Waals surface area contributed by atoms with E-state index in [0.29, 0.717) is 17.9 Å². The zero-order valence-electron chi connectivity index (χ0n) is 14.7. The highest BCUT2D eigenvalue weighted by Gasteiger charge is 2.26. The van der Waals surface area contributed by atoms with Crippen LogP contribution in [0.4, 0.5) is 17.5 Å². The van der Waals surface area contributed by atoms with Gasteiger partial charge in [-0.2, -0.15) is 9.97 Å². The number of nitrogens with zero attached hydrogens (tertiary/aromatic N) is 4. The van der Waals surface area contributed by atoms with Crippen molar-refractivity contribution in [3.63, 3.8) is 0 Å². The van der Waals surface area contributed by atoms with E-state index in [0.717, 1.165) is 28.2 Å². The first-order chi connectivity index (χ1) is 13.3. The maximum absolute atomic E-state index is 4.67. The summed E-state index contributed by atoms with van der Waals surface area (Å²) in [5, 5.41) is 8.02. The average molecular weight is 357 g/mol. The van der Waals surface area contributed by atoms with Gasteiger partial charge in [-0.25, -0.2) is 4.98 Å².